The number of methoxy groups -OCH3 is 1. The second-order valence-corrected chi connectivity index (χ2v) is 10.4. The number of ether oxygens (including phenoxy) is 1. The Morgan fingerprint density at radius 1 is 1.23 bits per heavy atom. The minimum absolute atomic E-state index is 0.915. The van der Waals surface area contributed by atoms with Crippen LogP contribution in [0.5, 0.6) is 0 Å². The van der Waals surface area contributed by atoms with E-state index in [9.17, 15) is 0 Å². The van der Waals surface area contributed by atoms with Gasteiger partial charge in [0.2, 0.25) is 0 Å². The van der Waals surface area contributed by atoms with Gasteiger partial charge in [0.25, 0.3) is 0 Å². The van der Waals surface area contributed by atoms with Crippen LogP contribution in [0.3, 0.4) is 0 Å². The third-order valence-corrected chi connectivity index (χ3v) is 3.72. The van der Waals surface area contributed by atoms with Crippen molar-refractivity contribution < 1.29 is 4.74 Å². The third-order valence-electron chi connectivity index (χ3n) is 2.20. The summed E-state index contributed by atoms with van der Waals surface area (Å²) in [4.78, 5) is 0. The van der Waals surface area contributed by atoms with Crippen LogP contribution in [0.25, 0.3) is 0 Å². The van der Waals surface area contributed by atoms with Gasteiger partial charge in [-0.15, -0.1) is 0 Å². The topological polar surface area (TPSA) is 9.23 Å². The first kappa shape index (κ1) is 10.6. The first-order valence-electron chi connectivity index (χ1n) is 4.92. The monoisotopic (exact) mass is 196 g/mol. The van der Waals surface area contributed by atoms with Gasteiger partial charge in [-0.2, -0.15) is 0 Å². The summed E-state index contributed by atoms with van der Waals surface area (Å²) in [6, 6.07) is 1.33. The molecule has 0 N–H and O–H groups in total. The highest BCUT2D eigenvalue weighted by molar-refractivity contribution is 6.76. The number of rotatable bonds is 3. The molecule has 2 heteroatoms. The summed E-state index contributed by atoms with van der Waals surface area (Å²) in [6.07, 6.45) is 6.66. The summed E-state index contributed by atoms with van der Waals surface area (Å²) < 4.78 is 5.20. The van der Waals surface area contributed by atoms with Crippen molar-refractivity contribution in [2.45, 2.75) is 38.5 Å². The highest BCUT2D eigenvalue weighted by Gasteiger charge is 2.16. The lowest BCUT2D eigenvalue weighted by atomic mass is 10.1. The van der Waals surface area contributed by atoms with Crippen molar-refractivity contribution in [1.29, 1.82) is 0 Å². The molecule has 0 radical (unpaired) electrons. The fourth-order valence-corrected chi connectivity index (χ4v) is 3.30. The van der Waals surface area contributed by atoms with Crippen molar-refractivity contribution in [3.63, 3.8) is 0 Å². The molecule has 0 unspecified atom stereocenters. The second kappa shape index (κ2) is 4.14. The van der Waals surface area contributed by atoms with Gasteiger partial charge in [-0.1, -0.05) is 31.3 Å². The first-order valence-corrected chi connectivity index (χ1v) is 8.63. The summed E-state index contributed by atoms with van der Waals surface area (Å²) in [5.41, 5.74) is 1.61. The average Bonchev–Trinajstić information content (AvgIpc) is 2.03. The minimum Gasteiger partial charge on any atom is -0.501 e. The van der Waals surface area contributed by atoms with E-state index in [1.165, 1.54) is 6.04 Å². The molecule has 74 valence electrons. The van der Waals surface area contributed by atoms with Crippen LogP contribution < -0.4 is 0 Å². The molecule has 0 aromatic heterocycles. The van der Waals surface area contributed by atoms with E-state index in [0.29, 0.717) is 0 Å². The van der Waals surface area contributed by atoms with E-state index in [1.54, 1.807) is 12.7 Å². The van der Waals surface area contributed by atoms with Crippen molar-refractivity contribution in [3.05, 3.63) is 23.5 Å². The largest absolute Gasteiger partial charge is 0.501 e. The van der Waals surface area contributed by atoms with Crippen LogP contribution in [0, 0.1) is 0 Å². The molecule has 1 aliphatic carbocycles. The molecule has 0 spiro atoms. The zero-order valence-electron chi connectivity index (χ0n) is 9.18. The van der Waals surface area contributed by atoms with Crippen molar-refractivity contribution in [1.82, 2.24) is 0 Å². The molecule has 0 saturated carbocycles. The maximum Gasteiger partial charge on any atom is 0.0956 e. The van der Waals surface area contributed by atoms with Crippen LogP contribution in [0.2, 0.25) is 25.7 Å². The van der Waals surface area contributed by atoms with E-state index in [1.807, 2.05) is 0 Å². The molecule has 1 nitrogen and oxygen atoms in total. The Hall–Kier alpha value is -0.503. The summed E-state index contributed by atoms with van der Waals surface area (Å²) in [7, 11) is 0.838. The first-order chi connectivity index (χ1) is 6.01. The fourth-order valence-electron chi connectivity index (χ4n) is 1.65. The lowest BCUT2D eigenvalue weighted by Gasteiger charge is -2.20. The summed E-state index contributed by atoms with van der Waals surface area (Å²) in [6.45, 7) is 7.26. The van der Waals surface area contributed by atoms with Crippen LogP contribution in [-0.4, -0.2) is 15.2 Å². The SMILES string of the molecule is COC1=CCC(C[Si](C)(C)C)=CC1. The lowest BCUT2D eigenvalue weighted by molar-refractivity contribution is 0.282. The van der Waals surface area contributed by atoms with Crippen molar-refractivity contribution in [3.8, 4) is 0 Å². The maximum atomic E-state index is 5.20. The van der Waals surface area contributed by atoms with Gasteiger partial charge in [-0.25, -0.2) is 0 Å². The molecule has 1 aliphatic rings. The average molecular weight is 196 g/mol. The number of hydrogen-bond acceptors (Lipinski definition) is 1. The van der Waals surface area contributed by atoms with Gasteiger partial charge in [0.05, 0.1) is 12.9 Å². The van der Waals surface area contributed by atoms with E-state index >= 15 is 0 Å². The summed E-state index contributed by atoms with van der Waals surface area (Å²) in [5.74, 6) is 1.12. The Kier molecular flexibility index (Phi) is 3.37. The zero-order chi connectivity index (χ0) is 9.90. The minimum atomic E-state index is -0.915. The van der Waals surface area contributed by atoms with Crippen molar-refractivity contribution in [2.75, 3.05) is 7.11 Å². The molecule has 0 fully saturated rings. The van der Waals surface area contributed by atoms with E-state index in [-0.39, 0.29) is 0 Å². The Morgan fingerprint density at radius 2 is 1.92 bits per heavy atom. The van der Waals surface area contributed by atoms with Crippen LogP contribution in [0.1, 0.15) is 12.8 Å². The van der Waals surface area contributed by atoms with Gasteiger partial charge in [-0.05, 0) is 18.5 Å². The van der Waals surface area contributed by atoms with Crippen molar-refractivity contribution in [2.24, 2.45) is 0 Å². The highest BCUT2D eigenvalue weighted by atomic mass is 28.3. The second-order valence-electron chi connectivity index (χ2n) is 4.88. The molecular formula is C11H20OSi. The molecule has 1 rings (SSSR count). The molecule has 0 aromatic carbocycles. The van der Waals surface area contributed by atoms with Gasteiger partial charge < -0.3 is 4.74 Å². The Labute approximate surface area is 82.5 Å². The standard InChI is InChI=1S/C11H20OSi/c1-12-11-7-5-10(6-8-11)9-13(2,3)4/h5,8H,6-7,9H2,1-4H3. The van der Waals surface area contributed by atoms with E-state index in [0.717, 1.165) is 18.6 Å². The number of allylic oxidation sites excluding steroid dienone is 3. The Morgan fingerprint density at radius 3 is 2.31 bits per heavy atom. The molecule has 0 heterocycles. The van der Waals surface area contributed by atoms with Crippen LogP contribution >= 0.6 is 0 Å². The van der Waals surface area contributed by atoms with Gasteiger partial charge in [-0.3, -0.25) is 0 Å². The molecule has 0 bridgehead atoms. The molecule has 0 saturated heterocycles. The van der Waals surface area contributed by atoms with Gasteiger partial charge in [0.15, 0.2) is 0 Å². The smallest absolute Gasteiger partial charge is 0.0956 e. The fraction of sp³-hybridized carbons (Fsp3) is 0.636. The van der Waals surface area contributed by atoms with Crippen LogP contribution in [0.4, 0.5) is 0 Å². The van der Waals surface area contributed by atoms with Gasteiger partial charge in [0, 0.05) is 14.5 Å². The summed E-state index contributed by atoms with van der Waals surface area (Å²) >= 11 is 0. The highest BCUT2D eigenvalue weighted by Crippen LogP contribution is 2.25. The van der Waals surface area contributed by atoms with Crippen LogP contribution in [-0.2, 0) is 4.74 Å². The Balaban J connectivity index is 2.46. The third kappa shape index (κ3) is 3.81. The van der Waals surface area contributed by atoms with Crippen LogP contribution in [0.15, 0.2) is 23.5 Å². The maximum absolute atomic E-state index is 5.20. The molecule has 0 aliphatic heterocycles. The zero-order valence-corrected chi connectivity index (χ0v) is 10.2. The molecule has 0 amide bonds. The predicted octanol–water partition coefficient (Wildman–Crippen LogP) is 3.58. The predicted molar refractivity (Wildman–Crippen MR) is 60.6 cm³/mol. The van der Waals surface area contributed by atoms with E-state index in [4.69, 9.17) is 4.74 Å². The van der Waals surface area contributed by atoms with E-state index in [2.05, 4.69) is 31.8 Å². The van der Waals surface area contributed by atoms with Gasteiger partial charge >= 0.3 is 0 Å². The quantitative estimate of drug-likeness (QED) is 0.495. The Bertz CT molecular complexity index is 233. The molecule has 0 aromatic rings. The molecule has 13 heavy (non-hydrogen) atoms. The van der Waals surface area contributed by atoms with E-state index < -0.39 is 8.07 Å². The van der Waals surface area contributed by atoms with Gasteiger partial charge in [0.1, 0.15) is 0 Å². The van der Waals surface area contributed by atoms with Crippen molar-refractivity contribution >= 4 is 8.07 Å². The lowest BCUT2D eigenvalue weighted by Crippen LogP contribution is -2.20. The number of hydrogen-bond donors (Lipinski definition) is 0. The summed E-state index contributed by atoms with van der Waals surface area (Å²) in [5, 5.41) is 0. The molecular weight excluding hydrogens is 176 g/mol. The molecule has 0 atom stereocenters. The normalized spacial score (nSPS) is 17.8.